The SMILES string of the molecule is CC(=O)SCC1CC(=O)N([C@@H](Cc2ccc(Cl)cc2)C(=O)O)C1. The highest BCUT2D eigenvalue weighted by Gasteiger charge is 2.37. The summed E-state index contributed by atoms with van der Waals surface area (Å²) >= 11 is 7.01. The number of rotatable bonds is 6. The van der Waals surface area contributed by atoms with E-state index in [4.69, 9.17) is 11.6 Å². The van der Waals surface area contributed by atoms with E-state index >= 15 is 0 Å². The summed E-state index contributed by atoms with van der Waals surface area (Å²) in [4.78, 5) is 36.2. The maximum absolute atomic E-state index is 12.2. The highest BCUT2D eigenvalue weighted by atomic mass is 35.5. The molecule has 1 aromatic rings. The van der Waals surface area contributed by atoms with Gasteiger partial charge < -0.3 is 10.0 Å². The third kappa shape index (κ3) is 4.97. The average Bonchev–Trinajstić information content (AvgIpc) is 2.85. The summed E-state index contributed by atoms with van der Waals surface area (Å²) in [6.45, 7) is 1.86. The Morgan fingerprint density at radius 1 is 1.39 bits per heavy atom. The number of carbonyl (C=O) groups is 3. The number of benzene rings is 1. The second kappa shape index (κ2) is 7.84. The van der Waals surface area contributed by atoms with Crippen LogP contribution in [0.15, 0.2) is 24.3 Å². The highest BCUT2D eigenvalue weighted by molar-refractivity contribution is 8.13. The number of aliphatic carboxylic acids is 1. The second-order valence-electron chi connectivity index (χ2n) is 5.60. The Morgan fingerprint density at radius 3 is 2.61 bits per heavy atom. The van der Waals surface area contributed by atoms with Crippen LogP contribution in [0.2, 0.25) is 5.02 Å². The fourth-order valence-corrected chi connectivity index (χ4v) is 3.45. The van der Waals surface area contributed by atoms with Gasteiger partial charge in [-0.1, -0.05) is 35.5 Å². The molecule has 1 aliphatic rings. The molecule has 2 atom stereocenters. The Labute approximate surface area is 144 Å². The van der Waals surface area contributed by atoms with Crippen LogP contribution >= 0.6 is 23.4 Å². The zero-order valence-corrected chi connectivity index (χ0v) is 14.3. The van der Waals surface area contributed by atoms with Crippen LogP contribution in [0.1, 0.15) is 18.9 Å². The number of thioether (sulfide) groups is 1. The Morgan fingerprint density at radius 2 is 2.04 bits per heavy atom. The minimum Gasteiger partial charge on any atom is -0.480 e. The molecule has 5 nitrogen and oxygen atoms in total. The minimum absolute atomic E-state index is 0.00634. The molecule has 1 aliphatic heterocycles. The molecular weight excluding hydrogens is 338 g/mol. The second-order valence-corrected chi connectivity index (χ2v) is 7.24. The van der Waals surface area contributed by atoms with Gasteiger partial charge in [0.2, 0.25) is 5.91 Å². The fraction of sp³-hybridized carbons (Fsp3) is 0.438. The Hall–Kier alpha value is -1.53. The lowest BCUT2D eigenvalue weighted by Crippen LogP contribution is -2.43. The maximum atomic E-state index is 12.2. The van der Waals surface area contributed by atoms with Crippen molar-refractivity contribution in [1.82, 2.24) is 4.90 Å². The number of amides is 1. The van der Waals surface area contributed by atoms with Crippen molar-refractivity contribution in [2.24, 2.45) is 5.92 Å². The number of halogens is 1. The first-order valence-electron chi connectivity index (χ1n) is 7.27. The number of carbonyl (C=O) groups excluding carboxylic acids is 2. The van der Waals surface area contributed by atoms with Gasteiger partial charge in [-0.15, -0.1) is 0 Å². The predicted octanol–water partition coefficient (Wildman–Crippen LogP) is 2.46. The van der Waals surface area contributed by atoms with Crippen LogP contribution in [0.5, 0.6) is 0 Å². The van der Waals surface area contributed by atoms with E-state index in [1.807, 2.05) is 0 Å². The van der Waals surface area contributed by atoms with Gasteiger partial charge in [0.05, 0.1) is 0 Å². The summed E-state index contributed by atoms with van der Waals surface area (Å²) in [7, 11) is 0. The molecular formula is C16H18ClNO4S. The molecule has 23 heavy (non-hydrogen) atoms. The lowest BCUT2D eigenvalue weighted by Gasteiger charge is -2.25. The summed E-state index contributed by atoms with van der Waals surface area (Å²) in [6.07, 6.45) is 0.537. The van der Waals surface area contributed by atoms with Crippen molar-refractivity contribution in [1.29, 1.82) is 0 Å². The molecule has 1 heterocycles. The predicted molar refractivity (Wildman–Crippen MR) is 89.5 cm³/mol. The molecule has 0 aliphatic carbocycles. The van der Waals surface area contributed by atoms with Crippen LogP contribution in [-0.4, -0.2) is 45.3 Å². The molecule has 2 rings (SSSR count). The lowest BCUT2D eigenvalue weighted by atomic mass is 10.0. The van der Waals surface area contributed by atoms with Gasteiger partial charge in [0.25, 0.3) is 0 Å². The maximum Gasteiger partial charge on any atom is 0.326 e. The van der Waals surface area contributed by atoms with Gasteiger partial charge in [0, 0.05) is 37.1 Å². The first kappa shape index (κ1) is 17.8. The van der Waals surface area contributed by atoms with Crippen molar-refractivity contribution in [3.05, 3.63) is 34.9 Å². The zero-order chi connectivity index (χ0) is 17.0. The molecule has 0 spiro atoms. The highest BCUT2D eigenvalue weighted by Crippen LogP contribution is 2.25. The van der Waals surface area contributed by atoms with Crippen molar-refractivity contribution in [2.75, 3.05) is 12.3 Å². The fourth-order valence-electron chi connectivity index (χ4n) is 2.63. The summed E-state index contributed by atoms with van der Waals surface area (Å²) in [6, 6.07) is 6.04. The van der Waals surface area contributed by atoms with E-state index in [1.165, 1.54) is 23.6 Å². The number of likely N-dealkylation sites (tertiary alicyclic amines) is 1. The van der Waals surface area contributed by atoms with Gasteiger partial charge >= 0.3 is 5.97 Å². The van der Waals surface area contributed by atoms with Gasteiger partial charge in [0.15, 0.2) is 5.12 Å². The van der Waals surface area contributed by atoms with E-state index in [1.54, 1.807) is 24.3 Å². The monoisotopic (exact) mass is 355 g/mol. The third-order valence-corrected chi connectivity index (χ3v) is 5.06. The largest absolute Gasteiger partial charge is 0.480 e. The average molecular weight is 356 g/mol. The molecule has 1 N–H and O–H groups in total. The third-order valence-electron chi connectivity index (χ3n) is 3.76. The van der Waals surface area contributed by atoms with Gasteiger partial charge in [0.1, 0.15) is 6.04 Å². The molecule has 1 amide bonds. The van der Waals surface area contributed by atoms with Crippen molar-refractivity contribution in [3.63, 3.8) is 0 Å². The van der Waals surface area contributed by atoms with Crippen LogP contribution in [0, 0.1) is 5.92 Å². The van der Waals surface area contributed by atoms with Crippen LogP contribution in [0.25, 0.3) is 0 Å². The molecule has 0 radical (unpaired) electrons. The smallest absolute Gasteiger partial charge is 0.326 e. The molecule has 1 unspecified atom stereocenters. The van der Waals surface area contributed by atoms with Crippen LogP contribution in [0.3, 0.4) is 0 Å². The number of carboxylic acid groups (broad SMARTS) is 1. The Kier molecular flexibility index (Phi) is 6.07. The first-order valence-corrected chi connectivity index (χ1v) is 8.63. The number of nitrogens with zero attached hydrogens (tertiary/aromatic N) is 1. The van der Waals surface area contributed by atoms with Crippen molar-refractivity contribution in [3.8, 4) is 0 Å². The molecule has 124 valence electrons. The lowest BCUT2D eigenvalue weighted by molar-refractivity contribution is -0.148. The van der Waals surface area contributed by atoms with E-state index < -0.39 is 12.0 Å². The number of hydrogen-bond acceptors (Lipinski definition) is 4. The van der Waals surface area contributed by atoms with E-state index in [9.17, 15) is 19.5 Å². The summed E-state index contributed by atoms with van der Waals surface area (Å²) in [5, 5.41) is 10.1. The Balaban J connectivity index is 2.05. The van der Waals surface area contributed by atoms with Crippen molar-refractivity contribution >= 4 is 40.4 Å². The van der Waals surface area contributed by atoms with Crippen molar-refractivity contribution in [2.45, 2.75) is 25.8 Å². The van der Waals surface area contributed by atoms with Gasteiger partial charge in [-0.3, -0.25) is 9.59 Å². The summed E-state index contributed by atoms with van der Waals surface area (Å²) < 4.78 is 0. The molecule has 0 saturated carbocycles. The standard InChI is InChI=1S/C16H18ClNO4S/c1-10(19)23-9-12-7-15(20)18(8-12)14(16(21)22)6-11-2-4-13(17)5-3-11/h2-5,12,14H,6-9H2,1H3,(H,21,22)/t12?,14-/m0/s1. The van der Waals surface area contributed by atoms with E-state index in [0.717, 1.165) is 5.56 Å². The zero-order valence-electron chi connectivity index (χ0n) is 12.7. The molecule has 7 heteroatoms. The van der Waals surface area contributed by atoms with E-state index in [2.05, 4.69) is 0 Å². The first-order chi connectivity index (χ1) is 10.9. The quantitative estimate of drug-likeness (QED) is 0.848. The Bertz CT molecular complexity index is 605. The molecule has 1 fully saturated rings. The van der Waals surface area contributed by atoms with Crippen LogP contribution in [0.4, 0.5) is 0 Å². The molecule has 1 saturated heterocycles. The van der Waals surface area contributed by atoms with Crippen LogP contribution < -0.4 is 0 Å². The van der Waals surface area contributed by atoms with E-state index in [-0.39, 0.29) is 23.4 Å². The van der Waals surface area contributed by atoms with Gasteiger partial charge in [-0.05, 0) is 23.6 Å². The summed E-state index contributed by atoms with van der Waals surface area (Å²) in [5.74, 6) is -0.623. The van der Waals surface area contributed by atoms with Crippen molar-refractivity contribution < 1.29 is 19.5 Å². The van der Waals surface area contributed by atoms with Crippen LogP contribution in [-0.2, 0) is 20.8 Å². The molecule has 0 aromatic heterocycles. The van der Waals surface area contributed by atoms with Gasteiger partial charge in [-0.2, -0.15) is 0 Å². The molecule has 0 bridgehead atoms. The number of carboxylic acids is 1. The van der Waals surface area contributed by atoms with E-state index in [0.29, 0.717) is 23.7 Å². The molecule has 1 aromatic carbocycles. The normalized spacial score (nSPS) is 19.0. The topological polar surface area (TPSA) is 74.7 Å². The van der Waals surface area contributed by atoms with Gasteiger partial charge in [-0.25, -0.2) is 4.79 Å². The number of hydrogen-bond donors (Lipinski definition) is 1. The minimum atomic E-state index is -1.02. The summed E-state index contributed by atoms with van der Waals surface area (Å²) in [5.41, 5.74) is 0.816.